The fourth-order valence-corrected chi connectivity index (χ4v) is 3.54. The zero-order valence-corrected chi connectivity index (χ0v) is 15.1. The molecule has 26 heavy (non-hydrogen) atoms. The standard InChI is InChI=1S/C21H22N4O/c1-14-3-4-17(15(2)11-14)12-25-10-7-18-19(13-25)23-20(24-21(18)26)16-5-8-22-9-6-16/h3-6,8-9,11H,7,10,12-13H2,1-2H3,(H,23,24,26). The molecule has 132 valence electrons. The number of pyridine rings is 1. The lowest BCUT2D eigenvalue weighted by molar-refractivity contribution is 0.240. The summed E-state index contributed by atoms with van der Waals surface area (Å²) >= 11 is 0. The molecule has 1 aromatic carbocycles. The predicted octanol–water partition coefficient (Wildman–Crippen LogP) is 3.01. The van der Waals surface area contributed by atoms with Crippen LogP contribution in [0.1, 0.15) is 27.9 Å². The molecule has 0 aliphatic carbocycles. The first-order chi connectivity index (χ1) is 12.6. The van der Waals surface area contributed by atoms with Crippen LogP contribution in [0.4, 0.5) is 0 Å². The van der Waals surface area contributed by atoms with Gasteiger partial charge in [0, 0.05) is 43.2 Å². The Labute approximate surface area is 152 Å². The van der Waals surface area contributed by atoms with E-state index < -0.39 is 0 Å². The van der Waals surface area contributed by atoms with Crippen LogP contribution in [0, 0.1) is 13.8 Å². The van der Waals surface area contributed by atoms with E-state index in [2.05, 4.69) is 46.9 Å². The van der Waals surface area contributed by atoms with Gasteiger partial charge in [-0.1, -0.05) is 23.8 Å². The van der Waals surface area contributed by atoms with Crippen LogP contribution in [0.5, 0.6) is 0 Å². The van der Waals surface area contributed by atoms with Crippen LogP contribution in [0.25, 0.3) is 11.4 Å². The average molecular weight is 346 g/mol. The Morgan fingerprint density at radius 1 is 1.15 bits per heavy atom. The molecule has 1 aliphatic heterocycles. The van der Waals surface area contributed by atoms with Crippen molar-refractivity contribution in [2.75, 3.05) is 6.54 Å². The molecule has 0 radical (unpaired) electrons. The van der Waals surface area contributed by atoms with Gasteiger partial charge in [-0.15, -0.1) is 0 Å². The van der Waals surface area contributed by atoms with Gasteiger partial charge in [0.1, 0.15) is 5.82 Å². The van der Waals surface area contributed by atoms with E-state index in [1.165, 1.54) is 16.7 Å². The van der Waals surface area contributed by atoms with Gasteiger partial charge in [-0.2, -0.15) is 0 Å². The Morgan fingerprint density at radius 3 is 2.73 bits per heavy atom. The van der Waals surface area contributed by atoms with E-state index in [1.807, 2.05) is 12.1 Å². The quantitative estimate of drug-likeness (QED) is 0.792. The first-order valence-corrected chi connectivity index (χ1v) is 8.91. The Bertz CT molecular complexity index is 995. The van der Waals surface area contributed by atoms with E-state index in [-0.39, 0.29) is 5.56 Å². The van der Waals surface area contributed by atoms with Crippen molar-refractivity contribution in [1.29, 1.82) is 0 Å². The molecule has 5 heteroatoms. The smallest absolute Gasteiger partial charge is 0.254 e. The van der Waals surface area contributed by atoms with E-state index in [0.717, 1.165) is 36.3 Å². The molecule has 4 rings (SSSR count). The first kappa shape index (κ1) is 16.7. The summed E-state index contributed by atoms with van der Waals surface area (Å²) < 4.78 is 0. The maximum atomic E-state index is 12.5. The second kappa shape index (κ2) is 6.84. The first-order valence-electron chi connectivity index (χ1n) is 8.91. The van der Waals surface area contributed by atoms with Crippen molar-refractivity contribution in [3.05, 3.63) is 81.0 Å². The van der Waals surface area contributed by atoms with Crippen molar-refractivity contribution in [3.8, 4) is 11.4 Å². The second-order valence-corrected chi connectivity index (χ2v) is 6.97. The number of fused-ring (bicyclic) bond motifs is 1. The van der Waals surface area contributed by atoms with Crippen molar-refractivity contribution >= 4 is 0 Å². The number of benzene rings is 1. The molecule has 0 spiro atoms. The molecule has 3 aromatic rings. The molecule has 0 unspecified atom stereocenters. The van der Waals surface area contributed by atoms with Gasteiger partial charge in [-0.05, 0) is 43.5 Å². The summed E-state index contributed by atoms with van der Waals surface area (Å²) in [7, 11) is 0. The van der Waals surface area contributed by atoms with Gasteiger partial charge in [0.25, 0.3) is 5.56 Å². The van der Waals surface area contributed by atoms with Gasteiger partial charge in [0.05, 0.1) is 5.69 Å². The summed E-state index contributed by atoms with van der Waals surface area (Å²) in [6.07, 6.45) is 4.15. The van der Waals surface area contributed by atoms with Gasteiger partial charge < -0.3 is 4.98 Å². The zero-order valence-electron chi connectivity index (χ0n) is 15.1. The van der Waals surface area contributed by atoms with Crippen LogP contribution in [0.3, 0.4) is 0 Å². The second-order valence-electron chi connectivity index (χ2n) is 6.97. The molecular weight excluding hydrogens is 324 g/mol. The normalized spacial score (nSPS) is 14.2. The highest BCUT2D eigenvalue weighted by Gasteiger charge is 2.21. The Kier molecular flexibility index (Phi) is 4.39. The largest absolute Gasteiger partial charge is 0.306 e. The highest BCUT2D eigenvalue weighted by molar-refractivity contribution is 5.54. The van der Waals surface area contributed by atoms with Crippen molar-refractivity contribution < 1.29 is 0 Å². The molecule has 0 saturated carbocycles. The van der Waals surface area contributed by atoms with E-state index in [9.17, 15) is 4.79 Å². The summed E-state index contributed by atoms with van der Waals surface area (Å²) in [6, 6.07) is 10.3. The summed E-state index contributed by atoms with van der Waals surface area (Å²) in [6.45, 7) is 6.73. The molecule has 1 N–H and O–H groups in total. The number of H-pyrrole nitrogens is 1. The molecule has 2 aromatic heterocycles. The molecule has 0 amide bonds. The maximum absolute atomic E-state index is 12.5. The summed E-state index contributed by atoms with van der Waals surface area (Å²) in [5.41, 5.74) is 6.49. The Hall–Kier alpha value is -2.79. The highest BCUT2D eigenvalue weighted by Crippen LogP contribution is 2.21. The van der Waals surface area contributed by atoms with Crippen molar-refractivity contribution in [2.24, 2.45) is 0 Å². The number of nitrogens with one attached hydrogen (secondary N) is 1. The predicted molar refractivity (Wildman–Crippen MR) is 102 cm³/mol. The number of aryl methyl sites for hydroxylation is 2. The summed E-state index contributed by atoms with van der Waals surface area (Å²) in [4.78, 5) is 26.5. The van der Waals surface area contributed by atoms with Crippen molar-refractivity contribution in [3.63, 3.8) is 0 Å². The minimum atomic E-state index is -0.0204. The third kappa shape index (κ3) is 3.30. The Morgan fingerprint density at radius 2 is 1.96 bits per heavy atom. The zero-order chi connectivity index (χ0) is 18.1. The summed E-state index contributed by atoms with van der Waals surface area (Å²) in [5.74, 6) is 0.615. The number of aromatic amines is 1. The summed E-state index contributed by atoms with van der Waals surface area (Å²) in [5, 5.41) is 0. The van der Waals surface area contributed by atoms with Crippen molar-refractivity contribution in [1.82, 2.24) is 19.9 Å². The van der Waals surface area contributed by atoms with Gasteiger partial charge in [0.15, 0.2) is 0 Å². The van der Waals surface area contributed by atoms with E-state index >= 15 is 0 Å². The fraction of sp³-hybridized carbons (Fsp3) is 0.286. The third-order valence-corrected chi connectivity index (χ3v) is 5.00. The molecule has 0 atom stereocenters. The lowest BCUT2D eigenvalue weighted by atomic mass is 10.0. The van der Waals surface area contributed by atoms with Gasteiger partial charge >= 0.3 is 0 Å². The van der Waals surface area contributed by atoms with Crippen LogP contribution in [-0.4, -0.2) is 26.4 Å². The van der Waals surface area contributed by atoms with Crippen molar-refractivity contribution in [2.45, 2.75) is 33.4 Å². The topological polar surface area (TPSA) is 61.9 Å². The monoisotopic (exact) mass is 346 g/mol. The highest BCUT2D eigenvalue weighted by atomic mass is 16.1. The lowest BCUT2D eigenvalue weighted by Crippen LogP contribution is -2.35. The molecule has 0 bridgehead atoms. The van der Waals surface area contributed by atoms with E-state index in [1.54, 1.807) is 12.4 Å². The lowest BCUT2D eigenvalue weighted by Gasteiger charge is -2.28. The maximum Gasteiger partial charge on any atom is 0.254 e. The number of nitrogens with zero attached hydrogens (tertiary/aromatic N) is 3. The molecule has 0 saturated heterocycles. The number of rotatable bonds is 3. The molecule has 0 fully saturated rings. The van der Waals surface area contributed by atoms with E-state index in [0.29, 0.717) is 12.4 Å². The van der Waals surface area contributed by atoms with Gasteiger partial charge in [-0.25, -0.2) is 4.98 Å². The number of hydrogen-bond acceptors (Lipinski definition) is 4. The van der Waals surface area contributed by atoms with Gasteiger partial charge in [0.2, 0.25) is 0 Å². The van der Waals surface area contributed by atoms with Crippen LogP contribution in [0.2, 0.25) is 0 Å². The minimum absolute atomic E-state index is 0.0204. The fourth-order valence-electron chi connectivity index (χ4n) is 3.54. The SMILES string of the molecule is Cc1ccc(CN2CCc3c(nc(-c4ccncc4)[nH]c3=O)C2)c(C)c1. The molecule has 5 nitrogen and oxygen atoms in total. The molecular formula is C21H22N4O. The average Bonchev–Trinajstić information content (AvgIpc) is 2.64. The third-order valence-electron chi connectivity index (χ3n) is 5.00. The Balaban J connectivity index is 1.61. The van der Waals surface area contributed by atoms with Gasteiger partial charge in [-0.3, -0.25) is 14.7 Å². The number of aromatic nitrogens is 3. The molecule has 3 heterocycles. The van der Waals surface area contributed by atoms with Crippen LogP contribution in [-0.2, 0) is 19.5 Å². The van der Waals surface area contributed by atoms with E-state index in [4.69, 9.17) is 4.98 Å². The minimum Gasteiger partial charge on any atom is -0.306 e. The number of hydrogen-bond donors (Lipinski definition) is 1. The molecule has 1 aliphatic rings. The van der Waals surface area contributed by atoms with Crippen LogP contribution < -0.4 is 5.56 Å². The van der Waals surface area contributed by atoms with Crippen LogP contribution in [0.15, 0.2) is 47.5 Å². The van der Waals surface area contributed by atoms with Crippen LogP contribution >= 0.6 is 0 Å².